The number of amides is 2. The Morgan fingerprint density at radius 2 is 2.00 bits per heavy atom. The molecule has 0 radical (unpaired) electrons. The van der Waals surface area contributed by atoms with Gasteiger partial charge in [0.15, 0.2) is 5.03 Å². The van der Waals surface area contributed by atoms with Crippen LogP contribution in [0.3, 0.4) is 0 Å². The third-order valence-corrected chi connectivity index (χ3v) is 6.31. The van der Waals surface area contributed by atoms with Gasteiger partial charge in [-0.1, -0.05) is 11.8 Å². The molecule has 3 rings (SSSR count). The van der Waals surface area contributed by atoms with E-state index in [1.54, 1.807) is 4.57 Å². The molecule has 0 aromatic carbocycles. The van der Waals surface area contributed by atoms with Gasteiger partial charge in [0, 0.05) is 25.3 Å². The predicted octanol–water partition coefficient (Wildman–Crippen LogP) is 0.532. The SMILES string of the molecule is CC(C)n1cnc(S(=O)(=O)N2CC(N3C(=O)CSC3=O)C2)c1. The van der Waals surface area contributed by atoms with E-state index in [0.717, 1.165) is 11.8 Å². The Balaban J connectivity index is 1.71. The average Bonchev–Trinajstić information content (AvgIpc) is 2.99. The molecule has 2 amide bonds. The van der Waals surface area contributed by atoms with Gasteiger partial charge in [0.2, 0.25) is 5.91 Å². The standard InChI is InChI=1S/C12H16N4O4S2/c1-8(2)14-5-10(13-7-14)22(19,20)15-3-9(4-15)16-11(17)6-21-12(16)18/h5,7-9H,3-4,6H2,1-2H3. The fraction of sp³-hybridized carbons (Fsp3) is 0.583. The maximum Gasteiger partial charge on any atom is 0.289 e. The van der Waals surface area contributed by atoms with E-state index in [9.17, 15) is 18.0 Å². The molecule has 0 atom stereocenters. The summed E-state index contributed by atoms with van der Waals surface area (Å²) in [6, 6.07) is -0.241. The van der Waals surface area contributed by atoms with Crippen molar-refractivity contribution in [3.8, 4) is 0 Å². The summed E-state index contributed by atoms with van der Waals surface area (Å²) in [5.74, 6) is -0.109. The van der Waals surface area contributed by atoms with Crippen LogP contribution < -0.4 is 0 Å². The summed E-state index contributed by atoms with van der Waals surface area (Å²) in [6.45, 7) is 4.13. The Morgan fingerprint density at radius 1 is 1.32 bits per heavy atom. The first-order valence-corrected chi connectivity index (χ1v) is 9.25. The van der Waals surface area contributed by atoms with Gasteiger partial charge in [0.25, 0.3) is 15.3 Å². The molecule has 2 aliphatic rings. The molecule has 2 fully saturated rings. The Morgan fingerprint density at radius 3 is 2.50 bits per heavy atom. The van der Waals surface area contributed by atoms with Gasteiger partial charge in [-0.25, -0.2) is 13.4 Å². The van der Waals surface area contributed by atoms with E-state index in [1.807, 2.05) is 13.8 Å². The van der Waals surface area contributed by atoms with Crippen LogP contribution in [0.4, 0.5) is 4.79 Å². The quantitative estimate of drug-likeness (QED) is 0.791. The highest BCUT2D eigenvalue weighted by Gasteiger charge is 2.46. The second kappa shape index (κ2) is 5.36. The summed E-state index contributed by atoms with van der Waals surface area (Å²) in [6.07, 6.45) is 2.98. The Kier molecular flexibility index (Phi) is 3.77. The lowest BCUT2D eigenvalue weighted by Crippen LogP contribution is -2.61. The van der Waals surface area contributed by atoms with Crippen LogP contribution in [0.1, 0.15) is 19.9 Å². The molecule has 3 heterocycles. The topological polar surface area (TPSA) is 92.6 Å². The molecule has 0 N–H and O–H groups in total. The minimum absolute atomic E-state index is 0.00639. The van der Waals surface area contributed by atoms with E-state index in [2.05, 4.69) is 4.98 Å². The molecule has 0 aliphatic carbocycles. The number of imide groups is 1. The van der Waals surface area contributed by atoms with E-state index < -0.39 is 10.0 Å². The largest absolute Gasteiger partial charge is 0.334 e. The number of hydrogen-bond donors (Lipinski definition) is 0. The molecular formula is C12H16N4O4S2. The zero-order valence-electron chi connectivity index (χ0n) is 12.2. The Bertz CT molecular complexity index is 705. The van der Waals surface area contributed by atoms with Gasteiger partial charge < -0.3 is 4.57 Å². The average molecular weight is 344 g/mol. The molecule has 1 aromatic heterocycles. The van der Waals surface area contributed by atoms with Gasteiger partial charge in [-0.2, -0.15) is 4.31 Å². The van der Waals surface area contributed by atoms with Crippen molar-refractivity contribution in [1.82, 2.24) is 18.8 Å². The second-order valence-electron chi connectivity index (χ2n) is 5.55. The third kappa shape index (κ3) is 2.44. The number of thioether (sulfide) groups is 1. The van der Waals surface area contributed by atoms with E-state index in [0.29, 0.717) is 0 Å². The molecule has 8 nitrogen and oxygen atoms in total. The molecule has 120 valence electrons. The first-order valence-electron chi connectivity index (χ1n) is 6.83. The molecule has 0 spiro atoms. The first kappa shape index (κ1) is 15.5. The van der Waals surface area contributed by atoms with E-state index in [4.69, 9.17) is 0 Å². The van der Waals surface area contributed by atoms with Crippen molar-refractivity contribution >= 4 is 32.9 Å². The number of imidazole rings is 1. The lowest BCUT2D eigenvalue weighted by atomic mass is 10.1. The van der Waals surface area contributed by atoms with Crippen molar-refractivity contribution in [2.75, 3.05) is 18.8 Å². The summed E-state index contributed by atoms with van der Waals surface area (Å²) in [7, 11) is -3.67. The van der Waals surface area contributed by atoms with Gasteiger partial charge in [-0.15, -0.1) is 0 Å². The van der Waals surface area contributed by atoms with E-state index >= 15 is 0 Å². The molecule has 10 heteroatoms. The maximum absolute atomic E-state index is 12.4. The molecule has 2 saturated heterocycles. The van der Waals surface area contributed by atoms with Gasteiger partial charge in [-0.05, 0) is 13.8 Å². The van der Waals surface area contributed by atoms with Crippen molar-refractivity contribution < 1.29 is 18.0 Å². The van der Waals surface area contributed by atoms with E-state index in [-0.39, 0.29) is 47.1 Å². The molecule has 1 aromatic rings. The Labute approximate surface area is 132 Å². The van der Waals surface area contributed by atoms with Gasteiger partial charge in [0.05, 0.1) is 18.1 Å². The van der Waals surface area contributed by atoms with Gasteiger partial charge in [0.1, 0.15) is 0 Å². The smallest absolute Gasteiger partial charge is 0.289 e. The molecule has 0 bridgehead atoms. The highest BCUT2D eigenvalue weighted by molar-refractivity contribution is 8.14. The zero-order chi connectivity index (χ0) is 16.1. The lowest BCUT2D eigenvalue weighted by Gasteiger charge is -2.41. The summed E-state index contributed by atoms with van der Waals surface area (Å²) < 4.78 is 27.8. The van der Waals surface area contributed by atoms with Crippen LogP contribution in [-0.4, -0.2) is 63.2 Å². The first-order chi connectivity index (χ1) is 10.3. The highest BCUT2D eigenvalue weighted by Crippen LogP contribution is 2.29. The number of carbonyl (C=O) groups excluding carboxylic acids is 2. The fourth-order valence-corrected chi connectivity index (χ4v) is 4.57. The van der Waals surface area contributed by atoms with Crippen molar-refractivity contribution in [2.45, 2.75) is 31.0 Å². The fourth-order valence-electron chi connectivity index (χ4n) is 2.36. The molecule has 2 aliphatic heterocycles. The van der Waals surface area contributed by atoms with Crippen LogP contribution in [0.5, 0.6) is 0 Å². The van der Waals surface area contributed by atoms with Crippen LogP contribution in [0.2, 0.25) is 0 Å². The third-order valence-electron chi connectivity index (χ3n) is 3.76. The normalized spacial score (nSPS) is 21.0. The summed E-state index contributed by atoms with van der Waals surface area (Å²) in [5, 5.41) is -0.302. The number of aromatic nitrogens is 2. The van der Waals surface area contributed by atoms with Crippen molar-refractivity contribution in [3.05, 3.63) is 12.5 Å². The van der Waals surface area contributed by atoms with Crippen LogP contribution in [0.15, 0.2) is 17.6 Å². The van der Waals surface area contributed by atoms with Crippen LogP contribution in [0, 0.1) is 0 Å². The summed E-state index contributed by atoms with van der Waals surface area (Å²) in [4.78, 5) is 28.3. The minimum atomic E-state index is -3.67. The van der Waals surface area contributed by atoms with Crippen LogP contribution >= 0.6 is 11.8 Å². The highest BCUT2D eigenvalue weighted by atomic mass is 32.2. The zero-order valence-corrected chi connectivity index (χ0v) is 13.8. The van der Waals surface area contributed by atoms with Crippen molar-refractivity contribution in [1.29, 1.82) is 0 Å². The molecular weight excluding hydrogens is 328 g/mol. The number of rotatable bonds is 4. The van der Waals surface area contributed by atoms with Crippen molar-refractivity contribution in [2.24, 2.45) is 0 Å². The second-order valence-corrected chi connectivity index (χ2v) is 8.36. The molecule has 22 heavy (non-hydrogen) atoms. The Hall–Kier alpha value is -1.39. The predicted molar refractivity (Wildman–Crippen MR) is 79.9 cm³/mol. The monoisotopic (exact) mass is 344 g/mol. The molecule has 0 unspecified atom stereocenters. The van der Waals surface area contributed by atoms with Crippen LogP contribution in [-0.2, 0) is 14.8 Å². The summed E-state index contributed by atoms with van der Waals surface area (Å²) in [5.41, 5.74) is 0. The van der Waals surface area contributed by atoms with E-state index in [1.165, 1.54) is 21.7 Å². The lowest BCUT2D eigenvalue weighted by molar-refractivity contribution is -0.127. The number of nitrogens with zero attached hydrogens (tertiary/aromatic N) is 4. The van der Waals surface area contributed by atoms with Gasteiger partial charge in [-0.3, -0.25) is 14.5 Å². The molecule has 0 saturated carbocycles. The maximum atomic E-state index is 12.4. The summed E-state index contributed by atoms with van der Waals surface area (Å²) >= 11 is 0.957. The van der Waals surface area contributed by atoms with Crippen molar-refractivity contribution in [3.63, 3.8) is 0 Å². The van der Waals surface area contributed by atoms with Crippen LogP contribution in [0.25, 0.3) is 0 Å². The van der Waals surface area contributed by atoms with Gasteiger partial charge >= 0.3 is 0 Å². The minimum Gasteiger partial charge on any atom is -0.334 e. The number of hydrogen-bond acceptors (Lipinski definition) is 6. The number of carbonyl (C=O) groups is 2. The number of sulfonamides is 1.